The van der Waals surface area contributed by atoms with Crippen LogP contribution in [0.2, 0.25) is 10.0 Å². The minimum Gasteiger partial charge on any atom is -0.508 e. The fourth-order valence-corrected chi connectivity index (χ4v) is 9.63. The zero-order valence-corrected chi connectivity index (χ0v) is 31.4. The molecule has 0 unspecified atom stereocenters. The number of anilines is 2. The molecule has 3 fully saturated rings. The van der Waals surface area contributed by atoms with Gasteiger partial charge < -0.3 is 14.6 Å². The number of hydrogen-bond acceptors (Lipinski definition) is 9. The Morgan fingerprint density at radius 1 is 0.836 bits per heavy atom. The SMILES string of the molecule is COc1ccc([C@@]23C(=O)N(Nc4ccc(Cl)cc4Cl)C(=O)[C@@H]2C[C@@H]2C(=CC[C@@H]4C(=O)N(c5ccc(C(C)=O)cc5)C(=O)[C@@H]42)[C@@H]3c2cc(OC)ccc2O)cc1. The van der Waals surface area contributed by atoms with E-state index < -0.39 is 52.7 Å². The summed E-state index contributed by atoms with van der Waals surface area (Å²) in [6.07, 6.45) is 2.11. The highest BCUT2D eigenvalue weighted by atomic mass is 35.5. The van der Waals surface area contributed by atoms with Gasteiger partial charge in [-0.1, -0.05) is 47.0 Å². The number of carbonyl (C=O) groups excluding carboxylic acids is 5. The highest BCUT2D eigenvalue weighted by Crippen LogP contribution is 2.65. The molecule has 6 atom stereocenters. The van der Waals surface area contributed by atoms with E-state index >= 15 is 4.79 Å². The van der Waals surface area contributed by atoms with Gasteiger partial charge >= 0.3 is 0 Å². The number of halogens is 2. The Morgan fingerprint density at radius 2 is 1.53 bits per heavy atom. The number of rotatable bonds is 8. The van der Waals surface area contributed by atoms with Gasteiger partial charge in [-0.2, -0.15) is 5.01 Å². The third-order valence-corrected chi connectivity index (χ3v) is 12.2. The van der Waals surface area contributed by atoms with Crippen LogP contribution in [0.5, 0.6) is 17.2 Å². The predicted octanol–water partition coefficient (Wildman–Crippen LogP) is 7.11. The van der Waals surface area contributed by atoms with Crippen LogP contribution in [0.4, 0.5) is 11.4 Å². The van der Waals surface area contributed by atoms with Crippen molar-refractivity contribution in [2.24, 2.45) is 23.7 Å². The number of fused-ring (bicyclic) bond motifs is 4. The van der Waals surface area contributed by atoms with E-state index in [-0.39, 0.29) is 41.0 Å². The first-order valence-corrected chi connectivity index (χ1v) is 18.5. The largest absolute Gasteiger partial charge is 0.508 e. The molecule has 55 heavy (non-hydrogen) atoms. The lowest BCUT2D eigenvalue weighted by atomic mass is 9.49. The minimum atomic E-state index is -1.66. The van der Waals surface area contributed by atoms with E-state index in [1.807, 2.05) is 6.08 Å². The summed E-state index contributed by atoms with van der Waals surface area (Å²) >= 11 is 12.7. The van der Waals surface area contributed by atoms with Gasteiger partial charge in [-0.3, -0.25) is 34.3 Å². The van der Waals surface area contributed by atoms with Crippen LogP contribution in [0.25, 0.3) is 0 Å². The molecule has 4 aromatic carbocycles. The van der Waals surface area contributed by atoms with Gasteiger partial charge in [-0.05, 0) is 104 Å². The number of allylic oxidation sites excluding steroid dienone is 2. The molecule has 0 radical (unpaired) electrons. The highest BCUT2D eigenvalue weighted by Gasteiger charge is 2.70. The number of aromatic hydroxyl groups is 1. The van der Waals surface area contributed by atoms with Gasteiger partial charge in [0.15, 0.2) is 5.78 Å². The van der Waals surface area contributed by atoms with Crippen molar-refractivity contribution in [3.8, 4) is 17.2 Å². The van der Waals surface area contributed by atoms with Crippen molar-refractivity contribution in [2.75, 3.05) is 24.5 Å². The van der Waals surface area contributed by atoms with Gasteiger partial charge in [0.05, 0.1) is 53.8 Å². The Kier molecular flexibility index (Phi) is 8.97. The normalized spacial score (nSPS) is 25.6. The van der Waals surface area contributed by atoms with Crippen LogP contribution >= 0.6 is 23.2 Å². The lowest BCUT2D eigenvalue weighted by Gasteiger charge is -2.50. The topological polar surface area (TPSA) is 143 Å². The van der Waals surface area contributed by atoms with Gasteiger partial charge in [-0.25, -0.2) is 0 Å². The Morgan fingerprint density at radius 3 is 2.18 bits per heavy atom. The molecular formula is C42H35Cl2N3O8. The number of hydrazine groups is 1. The Labute approximate surface area is 326 Å². The zero-order chi connectivity index (χ0) is 38.9. The van der Waals surface area contributed by atoms with Crippen molar-refractivity contribution in [3.63, 3.8) is 0 Å². The fourth-order valence-electron chi connectivity index (χ4n) is 9.18. The maximum Gasteiger partial charge on any atom is 0.260 e. The summed E-state index contributed by atoms with van der Waals surface area (Å²) in [5, 5.41) is 13.2. The number of imide groups is 2. The number of carbonyl (C=O) groups is 5. The molecule has 2 aliphatic heterocycles. The van der Waals surface area contributed by atoms with Gasteiger partial charge in [0, 0.05) is 22.1 Å². The van der Waals surface area contributed by atoms with Crippen LogP contribution in [0.1, 0.15) is 47.2 Å². The van der Waals surface area contributed by atoms with Crippen molar-refractivity contribution < 1.29 is 38.6 Å². The second-order valence-corrected chi connectivity index (χ2v) is 15.1. The third-order valence-electron chi connectivity index (χ3n) is 11.7. The zero-order valence-electron chi connectivity index (χ0n) is 29.9. The number of methoxy groups -OCH3 is 2. The number of benzene rings is 4. The van der Waals surface area contributed by atoms with Crippen LogP contribution in [0, 0.1) is 23.7 Å². The van der Waals surface area contributed by atoms with Crippen LogP contribution in [0.15, 0.2) is 96.6 Å². The number of amides is 4. The van der Waals surface area contributed by atoms with E-state index in [1.165, 1.54) is 33.3 Å². The molecule has 0 spiro atoms. The van der Waals surface area contributed by atoms with Gasteiger partial charge in [0.1, 0.15) is 17.2 Å². The average molecular weight is 781 g/mol. The molecule has 11 nitrogen and oxygen atoms in total. The standard InChI is InChI=1S/C42H35Cl2N3O8/c1-21(48)22-4-9-25(10-5-22)46-38(50)29-15-14-28-30(36(29)40(46)52)20-32-39(51)47(45-34-16-8-24(43)18-33(34)44)41(53)42(32,23-6-11-26(54-2)12-7-23)37(28)31-19-27(55-3)13-17-35(31)49/h4-14,16-19,29-30,32,36-37,45,49H,15,20H2,1-3H3/t29-,30+,32-,36-,37+,42+/m0/s1. The van der Waals surface area contributed by atoms with Crippen LogP contribution < -0.4 is 19.8 Å². The summed E-state index contributed by atoms with van der Waals surface area (Å²) in [5.74, 6) is -5.76. The first-order valence-electron chi connectivity index (χ1n) is 17.7. The van der Waals surface area contributed by atoms with E-state index in [0.29, 0.717) is 44.5 Å². The molecule has 4 aliphatic rings. The predicted molar refractivity (Wildman–Crippen MR) is 204 cm³/mol. The molecule has 280 valence electrons. The van der Waals surface area contributed by atoms with Crippen molar-refractivity contribution in [1.29, 1.82) is 0 Å². The summed E-state index contributed by atoms with van der Waals surface area (Å²) < 4.78 is 11.1. The number of ketones is 1. The maximum atomic E-state index is 15.4. The summed E-state index contributed by atoms with van der Waals surface area (Å²) in [7, 11) is 3.01. The number of phenolic OH excluding ortho intramolecular Hbond substituents is 1. The summed E-state index contributed by atoms with van der Waals surface area (Å²) in [6, 6.07) is 22.5. The van der Waals surface area contributed by atoms with E-state index in [2.05, 4.69) is 5.43 Å². The van der Waals surface area contributed by atoms with E-state index in [4.69, 9.17) is 32.7 Å². The minimum absolute atomic E-state index is 0.0352. The van der Waals surface area contributed by atoms with Crippen molar-refractivity contribution in [2.45, 2.75) is 31.1 Å². The van der Waals surface area contributed by atoms with E-state index in [0.717, 1.165) is 9.91 Å². The highest BCUT2D eigenvalue weighted by molar-refractivity contribution is 6.36. The van der Waals surface area contributed by atoms with E-state index in [1.54, 1.807) is 72.8 Å². The van der Waals surface area contributed by atoms with Gasteiger partial charge in [0.25, 0.3) is 11.8 Å². The summed E-state index contributed by atoms with van der Waals surface area (Å²) in [6.45, 7) is 1.43. The van der Waals surface area contributed by atoms with Crippen molar-refractivity contribution in [1.82, 2.24) is 5.01 Å². The molecule has 2 heterocycles. The van der Waals surface area contributed by atoms with Crippen molar-refractivity contribution >= 4 is 64.0 Å². The van der Waals surface area contributed by atoms with E-state index in [9.17, 15) is 24.3 Å². The Bertz CT molecular complexity index is 2330. The number of Topliss-reactive ketones (excluding diaryl/α,β-unsaturated/α-hetero) is 1. The van der Waals surface area contributed by atoms with Gasteiger partial charge in [0.2, 0.25) is 11.8 Å². The van der Waals surface area contributed by atoms with Gasteiger partial charge in [-0.15, -0.1) is 0 Å². The second kappa shape index (κ2) is 13.6. The molecular weight excluding hydrogens is 745 g/mol. The first-order chi connectivity index (χ1) is 26.4. The molecule has 4 aromatic rings. The Balaban J connectivity index is 1.33. The Hall–Kier alpha value is -5.65. The second-order valence-electron chi connectivity index (χ2n) is 14.3. The maximum absolute atomic E-state index is 15.4. The molecule has 4 amide bonds. The molecule has 2 saturated heterocycles. The number of phenols is 1. The van der Waals surface area contributed by atoms with Crippen LogP contribution in [-0.2, 0) is 24.6 Å². The molecule has 13 heteroatoms. The summed E-state index contributed by atoms with van der Waals surface area (Å²) in [4.78, 5) is 72.2. The van der Waals surface area contributed by atoms with Crippen LogP contribution in [0.3, 0.4) is 0 Å². The molecule has 2 aliphatic carbocycles. The fraction of sp³-hybridized carbons (Fsp3) is 0.262. The number of nitrogens with zero attached hydrogens (tertiary/aromatic N) is 2. The molecule has 0 aromatic heterocycles. The molecule has 0 bridgehead atoms. The molecule has 2 N–H and O–H groups in total. The lowest BCUT2D eigenvalue weighted by Crippen LogP contribution is -2.53. The number of ether oxygens (including phenoxy) is 2. The number of nitrogens with one attached hydrogen (secondary N) is 1. The molecule has 1 saturated carbocycles. The van der Waals surface area contributed by atoms with Crippen LogP contribution in [-0.4, -0.2) is 53.7 Å². The number of hydrogen-bond donors (Lipinski definition) is 2. The quantitative estimate of drug-likeness (QED) is 0.109. The summed E-state index contributed by atoms with van der Waals surface area (Å²) in [5.41, 5.74) is 3.79. The lowest BCUT2D eigenvalue weighted by molar-refractivity contribution is -0.138. The monoisotopic (exact) mass is 779 g/mol. The smallest absolute Gasteiger partial charge is 0.260 e. The molecule has 8 rings (SSSR count). The third kappa shape index (κ3) is 5.51. The first kappa shape index (κ1) is 36.3. The average Bonchev–Trinajstić information content (AvgIpc) is 3.56. The van der Waals surface area contributed by atoms with Crippen molar-refractivity contribution in [3.05, 3.63) is 123 Å².